The van der Waals surface area contributed by atoms with Gasteiger partial charge in [-0.25, -0.2) is 4.21 Å². The maximum Gasteiger partial charge on any atom is 0.306 e. The van der Waals surface area contributed by atoms with Crippen molar-refractivity contribution in [3.8, 4) is 6.19 Å². The van der Waals surface area contributed by atoms with Gasteiger partial charge in [0.15, 0.2) is 0 Å². The zero-order chi connectivity index (χ0) is 30.5. The summed E-state index contributed by atoms with van der Waals surface area (Å²) in [4.78, 5) is 29.1. The van der Waals surface area contributed by atoms with Gasteiger partial charge in [-0.15, -0.1) is 4.36 Å². The number of halogens is 2. The van der Waals surface area contributed by atoms with Crippen LogP contribution in [0.5, 0.6) is 0 Å². The number of rotatable bonds is 10. The van der Waals surface area contributed by atoms with Crippen molar-refractivity contribution in [1.29, 1.82) is 5.26 Å². The minimum atomic E-state index is -2.99. The average molecular weight is 621 g/mol. The predicted octanol–water partition coefficient (Wildman–Crippen LogP) is 7.08. The van der Waals surface area contributed by atoms with Crippen molar-refractivity contribution in [2.24, 2.45) is 21.6 Å². The largest absolute Gasteiger partial charge is 0.469 e. The molecule has 2 aromatic carbocycles. The lowest BCUT2D eigenvalue weighted by Crippen LogP contribution is -2.59. The standard InChI is InChI=1S/C31H39Cl2N3O4S/c1-20(2)27(18-41(39,21(3)4)35-19-34)36-29(23-10-12-25(32)13-11-23)24(14-22-8-7-9-26(33)15-22)16-31(5,30(36)38)17-28(37)40-6/h7-13,15,20-21,24,27,29H,14,16-18H2,1-6H3/t24-,27?,29+,31+,41?/m0/s1. The molecule has 0 N–H and O–H groups in total. The fourth-order valence-corrected chi connectivity index (χ4v) is 8.01. The van der Waals surface area contributed by atoms with Gasteiger partial charge in [0, 0.05) is 21.3 Å². The smallest absolute Gasteiger partial charge is 0.306 e. The van der Waals surface area contributed by atoms with Crippen LogP contribution >= 0.6 is 23.2 Å². The van der Waals surface area contributed by atoms with Gasteiger partial charge in [-0.05, 0) is 60.1 Å². The van der Waals surface area contributed by atoms with Gasteiger partial charge in [-0.3, -0.25) is 9.59 Å². The van der Waals surface area contributed by atoms with E-state index in [4.69, 9.17) is 27.9 Å². The van der Waals surface area contributed by atoms with Crippen LogP contribution in [-0.2, 0) is 30.5 Å². The first-order valence-electron chi connectivity index (χ1n) is 13.8. The summed E-state index contributed by atoms with van der Waals surface area (Å²) in [6.07, 6.45) is 2.67. The van der Waals surface area contributed by atoms with E-state index in [1.54, 1.807) is 39.1 Å². The molecule has 222 valence electrons. The highest BCUT2D eigenvalue weighted by Gasteiger charge is 2.53. The Bertz CT molecular complexity index is 1410. The third kappa shape index (κ3) is 7.63. The Balaban J connectivity index is 2.28. The summed E-state index contributed by atoms with van der Waals surface area (Å²) in [7, 11) is -1.68. The molecule has 2 aromatic rings. The second-order valence-corrected chi connectivity index (χ2v) is 15.4. The number of hydrogen-bond acceptors (Lipinski definition) is 6. The maximum absolute atomic E-state index is 14.6. The van der Waals surface area contributed by atoms with Crippen LogP contribution in [0, 0.1) is 28.7 Å². The molecule has 5 atom stereocenters. The van der Waals surface area contributed by atoms with Crippen LogP contribution in [0.1, 0.15) is 64.6 Å². The molecule has 2 unspecified atom stereocenters. The molecule has 41 heavy (non-hydrogen) atoms. The molecule has 1 heterocycles. The van der Waals surface area contributed by atoms with E-state index in [-0.39, 0.29) is 29.9 Å². The van der Waals surface area contributed by atoms with Crippen molar-refractivity contribution in [1.82, 2.24) is 4.90 Å². The summed E-state index contributed by atoms with van der Waals surface area (Å²) >= 11 is 12.6. The third-order valence-electron chi connectivity index (χ3n) is 8.04. The number of hydrogen-bond donors (Lipinski definition) is 0. The van der Waals surface area contributed by atoms with Crippen molar-refractivity contribution in [3.05, 3.63) is 69.7 Å². The lowest BCUT2D eigenvalue weighted by Gasteiger charge is -2.53. The van der Waals surface area contributed by atoms with E-state index in [2.05, 4.69) is 4.36 Å². The van der Waals surface area contributed by atoms with Gasteiger partial charge in [0.25, 0.3) is 0 Å². The highest BCUT2D eigenvalue weighted by atomic mass is 35.5. The first kappa shape index (κ1) is 32.9. The highest BCUT2D eigenvalue weighted by molar-refractivity contribution is 7.94. The van der Waals surface area contributed by atoms with E-state index in [1.165, 1.54) is 7.11 Å². The molecule has 3 rings (SSSR count). The number of ether oxygens (including phenoxy) is 1. The Labute approximate surface area is 254 Å². The lowest BCUT2D eigenvalue weighted by atomic mass is 9.67. The molecular weight excluding hydrogens is 581 g/mol. The molecule has 0 aliphatic carbocycles. The summed E-state index contributed by atoms with van der Waals surface area (Å²) < 4.78 is 22.9. The Morgan fingerprint density at radius 2 is 1.83 bits per heavy atom. The Morgan fingerprint density at radius 1 is 1.17 bits per heavy atom. The minimum Gasteiger partial charge on any atom is -0.469 e. The number of piperidine rings is 1. The second kappa shape index (κ2) is 13.6. The van der Waals surface area contributed by atoms with Crippen LogP contribution in [0.25, 0.3) is 0 Å². The molecule has 0 spiro atoms. The fourth-order valence-electron chi connectivity index (χ4n) is 5.82. The Hall–Kier alpha value is -2.60. The van der Waals surface area contributed by atoms with Crippen LogP contribution in [0.2, 0.25) is 10.0 Å². The molecule has 1 amide bonds. The SMILES string of the molecule is COC(=O)C[C@@]1(C)C[C@H](Cc2cccc(Cl)c2)[C@@H](c2ccc(Cl)cc2)N(C(CS(=O)(=NC#N)C(C)C)C(C)C)C1=O. The number of methoxy groups -OCH3 is 1. The van der Waals surface area contributed by atoms with Gasteiger partial charge >= 0.3 is 5.97 Å². The molecule has 7 nitrogen and oxygen atoms in total. The van der Waals surface area contributed by atoms with Crippen LogP contribution in [0.3, 0.4) is 0 Å². The number of carbonyl (C=O) groups excluding carboxylic acids is 2. The minimum absolute atomic E-state index is 0.0317. The molecule has 1 fully saturated rings. The normalized spacial score (nSPS) is 23.1. The molecule has 0 aromatic heterocycles. The second-order valence-electron chi connectivity index (χ2n) is 11.7. The van der Waals surface area contributed by atoms with Gasteiger partial charge in [0.05, 0.1) is 40.5 Å². The number of carbonyl (C=O) groups is 2. The summed E-state index contributed by atoms with van der Waals surface area (Å²) in [5.41, 5.74) is 0.814. The van der Waals surface area contributed by atoms with Crippen LogP contribution in [0.4, 0.5) is 0 Å². The van der Waals surface area contributed by atoms with Gasteiger partial charge < -0.3 is 9.64 Å². The van der Waals surface area contributed by atoms with E-state index in [0.717, 1.165) is 11.1 Å². The summed E-state index contributed by atoms with van der Waals surface area (Å²) in [5.74, 6) is -0.921. The quantitative estimate of drug-likeness (QED) is 0.209. The van der Waals surface area contributed by atoms with E-state index < -0.39 is 38.4 Å². The lowest BCUT2D eigenvalue weighted by molar-refractivity contribution is -0.164. The Morgan fingerprint density at radius 3 is 2.37 bits per heavy atom. The number of amides is 1. The van der Waals surface area contributed by atoms with E-state index in [9.17, 15) is 19.1 Å². The molecule has 0 radical (unpaired) electrons. The molecule has 1 saturated heterocycles. The predicted molar refractivity (Wildman–Crippen MR) is 164 cm³/mol. The highest BCUT2D eigenvalue weighted by Crippen LogP contribution is 2.49. The number of nitriles is 1. The fraction of sp³-hybridized carbons (Fsp3) is 0.516. The molecular formula is C31H39Cl2N3O4S. The number of benzene rings is 2. The maximum atomic E-state index is 14.6. The van der Waals surface area contributed by atoms with Crippen molar-refractivity contribution in [3.63, 3.8) is 0 Å². The first-order chi connectivity index (χ1) is 19.2. The topological polar surface area (TPSA) is 99.8 Å². The third-order valence-corrected chi connectivity index (χ3v) is 11.2. The average Bonchev–Trinajstić information content (AvgIpc) is 2.90. The molecule has 0 bridgehead atoms. The van der Waals surface area contributed by atoms with Crippen molar-refractivity contribution >= 4 is 44.8 Å². The van der Waals surface area contributed by atoms with Crippen molar-refractivity contribution < 1.29 is 18.5 Å². The van der Waals surface area contributed by atoms with Gasteiger partial charge in [0.1, 0.15) is 0 Å². The van der Waals surface area contributed by atoms with Crippen LogP contribution in [0.15, 0.2) is 52.9 Å². The number of likely N-dealkylation sites (tertiary alicyclic amines) is 1. The van der Waals surface area contributed by atoms with Gasteiger partial charge in [0.2, 0.25) is 12.1 Å². The zero-order valence-corrected chi connectivity index (χ0v) is 26.8. The van der Waals surface area contributed by atoms with Gasteiger partial charge in [-0.2, -0.15) is 5.26 Å². The monoisotopic (exact) mass is 619 g/mol. The van der Waals surface area contributed by atoms with E-state index >= 15 is 0 Å². The van der Waals surface area contributed by atoms with Gasteiger partial charge in [-0.1, -0.05) is 82.1 Å². The van der Waals surface area contributed by atoms with Crippen LogP contribution < -0.4 is 0 Å². The molecule has 0 saturated carbocycles. The summed E-state index contributed by atoms with van der Waals surface area (Å²) in [6.45, 7) is 9.31. The zero-order valence-electron chi connectivity index (χ0n) is 24.5. The first-order valence-corrected chi connectivity index (χ1v) is 16.3. The van der Waals surface area contributed by atoms with E-state index in [0.29, 0.717) is 22.9 Å². The Kier molecular flexibility index (Phi) is 10.9. The molecule has 10 heteroatoms. The summed E-state index contributed by atoms with van der Waals surface area (Å²) in [5, 5.41) is 10.2. The van der Waals surface area contributed by atoms with E-state index in [1.807, 2.05) is 55.1 Å². The molecule has 1 aliphatic heterocycles. The van der Waals surface area contributed by atoms with Crippen molar-refractivity contribution in [2.45, 2.75) is 71.2 Å². The number of nitrogens with zero attached hydrogens (tertiary/aromatic N) is 3. The summed E-state index contributed by atoms with van der Waals surface area (Å²) in [6, 6.07) is 14.1. The molecule has 1 aliphatic rings. The number of esters is 1. The van der Waals surface area contributed by atoms with Crippen molar-refractivity contribution in [2.75, 3.05) is 12.9 Å². The van der Waals surface area contributed by atoms with Crippen LogP contribution in [-0.4, -0.2) is 45.1 Å².